The van der Waals surface area contributed by atoms with Crippen LogP contribution >= 0.6 is 0 Å². The molecule has 0 aliphatic heterocycles. The predicted octanol–water partition coefficient (Wildman–Crippen LogP) is 0.940. The second-order valence-corrected chi connectivity index (χ2v) is 3.40. The summed E-state index contributed by atoms with van der Waals surface area (Å²) in [6, 6.07) is 4.23. The lowest BCUT2D eigenvalue weighted by Gasteiger charge is -2.10. The summed E-state index contributed by atoms with van der Waals surface area (Å²) in [4.78, 5) is 10.7. The van der Waals surface area contributed by atoms with Crippen LogP contribution in [0.2, 0.25) is 0 Å². The molecule has 4 N–H and O–H groups in total. The van der Waals surface area contributed by atoms with Gasteiger partial charge in [0, 0.05) is 0 Å². The van der Waals surface area contributed by atoms with E-state index in [-0.39, 0.29) is 12.2 Å². The number of primary amides is 1. The number of halogens is 3. The maximum atomic E-state index is 11.9. The maximum Gasteiger partial charge on any atom is 0.573 e. The van der Waals surface area contributed by atoms with Gasteiger partial charge in [-0.1, -0.05) is 12.1 Å². The van der Waals surface area contributed by atoms with Crippen molar-refractivity contribution in [1.82, 2.24) is 0 Å². The van der Waals surface area contributed by atoms with Gasteiger partial charge < -0.3 is 16.2 Å². The number of rotatable bonds is 4. The summed E-state index contributed by atoms with van der Waals surface area (Å²) < 4.78 is 39.2. The van der Waals surface area contributed by atoms with Crippen LogP contribution in [-0.2, 0) is 11.2 Å². The van der Waals surface area contributed by atoms with Gasteiger partial charge in [0.1, 0.15) is 5.75 Å². The fraction of sp³-hybridized carbons (Fsp3) is 0.300. The zero-order chi connectivity index (χ0) is 13.1. The van der Waals surface area contributed by atoms with Gasteiger partial charge in [-0.05, 0) is 24.1 Å². The molecule has 1 aromatic rings. The number of nitrogens with two attached hydrogens (primary N) is 2. The van der Waals surface area contributed by atoms with Crippen molar-refractivity contribution in [2.45, 2.75) is 18.8 Å². The molecule has 17 heavy (non-hydrogen) atoms. The normalized spacial score (nSPS) is 13.2. The van der Waals surface area contributed by atoms with E-state index in [9.17, 15) is 18.0 Å². The summed E-state index contributed by atoms with van der Waals surface area (Å²) in [7, 11) is 0. The van der Waals surface area contributed by atoms with Crippen molar-refractivity contribution in [2.75, 3.05) is 0 Å². The fourth-order valence-corrected chi connectivity index (χ4v) is 1.18. The number of ether oxygens (including phenoxy) is 1. The van der Waals surface area contributed by atoms with E-state index >= 15 is 0 Å². The van der Waals surface area contributed by atoms with Crippen molar-refractivity contribution in [3.63, 3.8) is 0 Å². The Morgan fingerprint density at radius 1 is 1.29 bits per heavy atom. The van der Waals surface area contributed by atoms with Crippen LogP contribution in [0.3, 0.4) is 0 Å². The Morgan fingerprint density at radius 3 is 2.24 bits per heavy atom. The molecule has 1 rings (SSSR count). The van der Waals surface area contributed by atoms with Crippen LogP contribution in [0.25, 0.3) is 0 Å². The smallest absolute Gasteiger partial charge is 0.406 e. The monoisotopic (exact) mass is 248 g/mol. The van der Waals surface area contributed by atoms with Crippen LogP contribution in [0.5, 0.6) is 5.75 Å². The Balaban J connectivity index is 2.65. The van der Waals surface area contributed by atoms with Gasteiger partial charge in [0.15, 0.2) is 0 Å². The topological polar surface area (TPSA) is 78.3 Å². The molecule has 0 aliphatic carbocycles. The Hall–Kier alpha value is -1.76. The van der Waals surface area contributed by atoms with Gasteiger partial charge in [0.05, 0.1) is 6.04 Å². The lowest BCUT2D eigenvalue weighted by Crippen LogP contribution is -2.38. The molecule has 1 aromatic carbocycles. The van der Waals surface area contributed by atoms with Crippen molar-refractivity contribution in [3.05, 3.63) is 29.8 Å². The Kier molecular flexibility index (Phi) is 3.95. The quantitative estimate of drug-likeness (QED) is 0.832. The third kappa shape index (κ3) is 4.73. The first-order valence-electron chi connectivity index (χ1n) is 4.67. The molecule has 0 aromatic heterocycles. The minimum absolute atomic E-state index is 0.168. The molecule has 7 heteroatoms. The molecular weight excluding hydrogens is 237 g/mol. The van der Waals surface area contributed by atoms with E-state index in [0.29, 0.717) is 5.56 Å². The van der Waals surface area contributed by atoms with E-state index in [1.54, 1.807) is 0 Å². The molecule has 0 aliphatic rings. The molecule has 0 saturated heterocycles. The molecule has 1 amide bonds. The fourth-order valence-electron chi connectivity index (χ4n) is 1.18. The number of carbonyl (C=O) groups is 1. The molecule has 0 fully saturated rings. The third-order valence-electron chi connectivity index (χ3n) is 1.98. The Bertz CT molecular complexity index is 390. The van der Waals surface area contributed by atoms with Crippen molar-refractivity contribution < 1.29 is 22.7 Å². The van der Waals surface area contributed by atoms with Gasteiger partial charge in [-0.15, -0.1) is 13.2 Å². The Morgan fingerprint density at radius 2 is 1.82 bits per heavy atom. The first kappa shape index (κ1) is 13.3. The standard InChI is InChI=1S/C10H11F3N2O2/c11-10(12,13)17-7-3-1-6(2-4-7)5-8(14)9(15)16/h1-4,8H,5,14H2,(H2,15,16). The highest BCUT2D eigenvalue weighted by molar-refractivity contribution is 5.79. The molecule has 0 heterocycles. The second-order valence-electron chi connectivity index (χ2n) is 3.40. The van der Waals surface area contributed by atoms with Gasteiger partial charge in [-0.25, -0.2) is 0 Å². The molecule has 0 bridgehead atoms. The number of alkyl halides is 3. The van der Waals surface area contributed by atoms with E-state index in [0.717, 1.165) is 12.1 Å². The summed E-state index contributed by atoms with van der Waals surface area (Å²) in [5.41, 5.74) is 11.0. The lowest BCUT2D eigenvalue weighted by atomic mass is 10.1. The van der Waals surface area contributed by atoms with Crippen molar-refractivity contribution in [3.8, 4) is 5.75 Å². The van der Waals surface area contributed by atoms with E-state index in [2.05, 4.69) is 4.74 Å². The zero-order valence-corrected chi connectivity index (χ0v) is 8.70. The highest BCUT2D eigenvalue weighted by Gasteiger charge is 2.30. The molecule has 0 spiro atoms. The number of hydrogen-bond acceptors (Lipinski definition) is 3. The zero-order valence-electron chi connectivity index (χ0n) is 8.70. The van der Waals surface area contributed by atoms with E-state index in [1.807, 2.05) is 0 Å². The third-order valence-corrected chi connectivity index (χ3v) is 1.98. The van der Waals surface area contributed by atoms with Gasteiger partial charge >= 0.3 is 6.36 Å². The summed E-state index contributed by atoms with van der Waals surface area (Å²) in [6.45, 7) is 0. The van der Waals surface area contributed by atoms with Crippen LogP contribution in [-0.4, -0.2) is 18.3 Å². The van der Waals surface area contributed by atoms with Crippen molar-refractivity contribution in [1.29, 1.82) is 0 Å². The van der Waals surface area contributed by atoms with Crippen LogP contribution < -0.4 is 16.2 Å². The van der Waals surface area contributed by atoms with Gasteiger partial charge in [0.25, 0.3) is 0 Å². The first-order valence-corrected chi connectivity index (χ1v) is 4.67. The van der Waals surface area contributed by atoms with E-state index in [4.69, 9.17) is 11.5 Å². The largest absolute Gasteiger partial charge is 0.573 e. The van der Waals surface area contributed by atoms with Crippen molar-refractivity contribution in [2.24, 2.45) is 11.5 Å². The second kappa shape index (κ2) is 5.05. The highest BCUT2D eigenvalue weighted by atomic mass is 19.4. The molecule has 0 saturated carbocycles. The van der Waals surface area contributed by atoms with Gasteiger partial charge in [-0.3, -0.25) is 4.79 Å². The van der Waals surface area contributed by atoms with E-state index in [1.165, 1.54) is 12.1 Å². The lowest BCUT2D eigenvalue weighted by molar-refractivity contribution is -0.274. The van der Waals surface area contributed by atoms with Crippen LogP contribution in [0, 0.1) is 0 Å². The van der Waals surface area contributed by atoms with Crippen molar-refractivity contribution >= 4 is 5.91 Å². The van der Waals surface area contributed by atoms with Crippen LogP contribution in [0.15, 0.2) is 24.3 Å². The SMILES string of the molecule is NC(=O)C(N)Cc1ccc(OC(F)(F)F)cc1. The maximum absolute atomic E-state index is 11.9. The van der Waals surface area contributed by atoms with Gasteiger partial charge in [-0.2, -0.15) is 0 Å². The number of carbonyl (C=O) groups excluding carboxylic acids is 1. The van der Waals surface area contributed by atoms with Gasteiger partial charge in [0.2, 0.25) is 5.91 Å². The predicted molar refractivity (Wildman–Crippen MR) is 54.0 cm³/mol. The molecule has 94 valence electrons. The minimum atomic E-state index is -4.72. The summed E-state index contributed by atoms with van der Waals surface area (Å²) >= 11 is 0. The molecule has 0 radical (unpaired) electrons. The average molecular weight is 248 g/mol. The highest BCUT2D eigenvalue weighted by Crippen LogP contribution is 2.22. The summed E-state index contributed by atoms with van der Waals surface area (Å²) in [5, 5.41) is 0. The van der Waals surface area contributed by atoms with E-state index < -0.39 is 18.3 Å². The number of benzene rings is 1. The molecule has 1 atom stereocenters. The summed E-state index contributed by atoms with van der Waals surface area (Å²) in [6.07, 6.45) is -4.55. The average Bonchev–Trinajstić information content (AvgIpc) is 2.18. The Labute approximate surface area is 95.3 Å². The molecule has 4 nitrogen and oxygen atoms in total. The molecule has 1 unspecified atom stereocenters. The first-order chi connectivity index (χ1) is 7.78. The van der Waals surface area contributed by atoms with Crippen LogP contribution in [0.1, 0.15) is 5.56 Å². The minimum Gasteiger partial charge on any atom is -0.406 e. The summed E-state index contributed by atoms with van der Waals surface area (Å²) in [5.74, 6) is -0.991. The number of amides is 1. The van der Waals surface area contributed by atoms with Crippen LogP contribution in [0.4, 0.5) is 13.2 Å². The number of hydrogen-bond donors (Lipinski definition) is 2. The molecular formula is C10H11F3N2O2.